The molecular weight excluding hydrogens is 348 g/mol. The van der Waals surface area contributed by atoms with Crippen LogP contribution < -0.4 is 10.6 Å². The van der Waals surface area contributed by atoms with E-state index in [-0.39, 0.29) is 11.7 Å². The Kier molecular flexibility index (Phi) is 6.02. The topological polar surface area (TPSA) is 58.2 Å². The highest BCUT2D eigenvalue weighted by Gasteiger charge is 2.10. The molecule has 0 radical (unpaired) electrons. The molecule has 3 rings (SSSR count). The van der Waals surface area contributed by atoms with E-state index in [1.807, 2.05) is 73.7 Å². The standard InChI is InChI=1S/C24H22N2O2/c1-17-12-14-19(15-13-17)23(16-24(28)20-8-4-3-5-9-20)26-22-11-7-6-10-21(22)25-18(2)27/h3-16,26H,1-2H3,(H,25,27). The summed E-state index contributed by atoms with van der Waals surface area (Å²) in [6.07, 6.45) is 1.59. The van der Waals surface area contributed by atoms with E-state index in [9.17, 15) is 9.59 Å². The Morgan fingerprint density at radius 2 is 1.29 bits per heavy atom. The smallest absolute Gasteiger partial charge is 0.221 e. The van der Waals surface area contributed by atoms with E-state index in [0.29, 0.717) is 22.6 Å². The van der Waals surface area contributed by atoms with Crippen LogP contribution in [-0.2, 0) is 4.79 Å². The number of hydrogen-bond acceptors (Lipinski definition) is 3. The highest BCUT2D eigenvalue weighted by atomic mass is 16.1. The summed E-state index contributed by atoms with van der Waals surface area (Å²) in [4.78, 5) is 24.3. The van der Waals surface area contributed by atoms with Crippen LogP contribution in [0.25, 0.3) is 5.70 Å². The monoisotopic (exact) mass is 370 g/mol. The van der Waals surface area contributed by atoms with Gasteiger partial charge in [-0.3, -0.25) is 9.59 Å². The van der Waals surface area contributed by atoms with E-state index >= 15 is 0 Å². The van der Waals surface area contributed by atoms with E-state index in [4.69, 9.17) is 0 Å². The second kappa shape index (κ2) is 8.82. The number of amides is 1. The third kappa shape index (κ3) is 4.95. The molecule has 0 saturated carbocycles. The van der Waals surface area contributed by atoms with Crippen LogP contribution in [0.4, 0.5) is 11.4 Å². The molecule has 2 N–H and O–H groups in total. The summed E-state index contributed by atoms with van der Waals surface area (Å²) in [7, 11) is 0. The number of rotatable bonds is 6. The average molecular weight is 370 g/mol. The Hall–Kier alpha value is -3.66. The first-order valence-electron chi connectivity index (χ1n) is 9.04. The molecule has 1 amide bonds. The molecule has 4 heteroatoms. The van der Waals surface area contributed by atoms with Crippen molar-refractivity contribution >= 4 is 28.8 Å². The van der Waals surface area contributed by atoms with Crippen molar-refractivity contribution < 1.29 is 9.59 Å². The largest absolute Gasteiger partial charge is 0.353 e. The van der Waals surface area contributed by atoms with E-state index in [1.165, 1.54) is 6.92 Å². The van der Waals surface area contributed by atoms with Gasteiger partial charge in [0.2, 0.25) is 5.91 Å². The van der Waals surface area contributed by atoms with Gasteiger partial charge in [0.05, 0.1) is 11.4 Å². The van der Waals surface area contributed by atoms with Gasteiger partial charge in [-0.1, -0.05) is 72.3 Å². The molecule has 0 fully saturated rings. The highest BCUT2D eigenvalue weighted by Crippen LogP contribution is 2.26. The number of carbonyl (C=O) groups is 2. The predicted molar refractivity (Wildman–Crippen MR) is 114 cm³/mol. The fourth-order valence-corrected chi connectivity index (χ4v) is 2.78. The number of allylic oxidation sites excluding steroid dienone is 1. The minimum Gasteiger partial charge on any atom is -0.353 e. The number of nitrogens with one attached hydrogen (secondary N) is 2. The molecule has 3 aromatic rings. The van der Waals surface area contributed by atoms with Crippen LogP contribution in [0.1, 0.15) is 28.4 Å². The summed E-state index contributed by atoms with van der Waals surface area (Å²) in [5, 5.41) is 6.13. The Morgan fingerprint density at radius 1 is 0.714 bits per heavy atom. The van der Waals surface area contributed by atoms with Crippen molar-refractivity contribution in [1.29, 1.82) is 0 Å². The number of aryl methyl sites for hydroxylation is 1. The van der Waals surface area contributed by atoms with Crippen molar-refractivity contribution in [3.05, 3.63) is 102 Å². The first-order chi connectivity index (χ1) is 13.5. The maximum absolute atomic E-state index is 12.8. The molecule has 0 spiro atoms. The maximum Gasteiger partial charge on any atom is 0.221 e. The van der Waals surface area contributed by atoms with E-state index in [2.05, 4.69) is 10.6 Å². The van der Waals surface area contributed by atoms with Gasteiger partial charge < -0.3 is 10.6 Å². The Bertz CT molecular complexity index is 1010. The van der Waals surface area contributed by atoms with Gasteiger partial charge >= 0.3 is 0 Å². The van der Waals surface area contributed by atoms with Gasteiger partial charge in [0, 0.05) is 24.3 Å². The SMILES string of the molecule is CC(=O)Nc1ccccc1NC(=CC(=O)c1ccccc1)c1ccc(C)cc1. The molecule has 0 aliphatic carbocycles. The van der Waals surface area contributed by atoms with Crippen LogP contribution in [0.2, 0.25) is 0 Å². The summed E-state index contributed by atoms with van der Waals surface area (Å²) < 4.78 is 0. The number of para-hydroxylation sites is 2. The Morgan fingerprint density at radius 3 is 1.89 bits per heavy atom. The van der Waals surface area contributed by atoms with Crippen molar-refractivity contribution in [3.8, 4) is 0 Å². The molecule has 28 heavy (non-hydrogen) atoms. The van der Waals surface area contributed by atoms with Crippen LogP contribution in [-0.4, -0.2) is 11.7 Å². The lowest BCUT2D eigenvalue weighted by molar-refractivity contribution is -0.114. The summed E-state index contributed by atoms with van der Waals surface area (Å²) in [6.45, 7) is 3.48. The summed E-state index contributed by atoms with van der Waals surface area (Å²) in [5.41, 5.74) is 4.66. The third-order valence-electron chi connectivity index (χ3n) is 4.20. The molecule has 0 bridgehead atoms. The second-order valence-corrected chi connectivity index (χ2v) is 6.51. The summed E-state index contributed by atoms with van der Waals surface area (Å²) >= 11 is 0. The number of benzene rings is 3. The number of ketones is 1. The molecule has 0 atom stereocenters. The van der Waals surface area contributed by atoms with Crippen LogP contribution in [0.5, 0.6) is 0 Å². The van der Waals surface area contributed by atoms with Crippen LogP contribution >= 0.6 is 0 Å². The first-order valence-corrected chi connectivity index (χ1v) is 9.04. The van der Waals surface area contributed by atoms with Gasteiger partial charge in [-0.15, -0.1) is 0 Å². The predicted octanol–water partition coefficient (Wildman–Crippen LogP) is 5.29. The maximum atomic E-state index is 12.8. The fourth-order valence-electron chi connectivity index (χ4n) is 2.78. The van der Waals surface area contributed by atoms with Gasteiger partial charge in [-0.2, -0.15) is 0 Å². The first kappa shape index (κ1) is 19.1. The van der Waals surface area contributed by atoms with E-state index < -0.39 is 0 Å². The van der Waals surface area contributed by atoms with Crippen molar-refractivity contribution in [2.75, 3.05) is 10.6 Å². The average Bonchev–Trinajstić information content (AvgIpc) is 2.70. The van der Waals surface area contributed by atoms with Gasteiger partial charge in [-0.25, -0.2) is 0 Å². The quantitative estimate of drug-likeness (QED) is 0.458. The minimum atomic E-state index is -0.157. The zero-order chi connectivity index (χ0) is 19.9. The van der Waals surface area contributed by atoms with Gasteiger partial charge in [0.1, 0.15) is 0 Å². The minimum absolute atomic E-state index is 0.0966. The second-order valence-electron chi connectivity index (χ2n) is 6.51. The molecule has 3 aromatic carbocycles. The lowest BCUT2D eigenvalue weighted by Crippen LogP contribution is -2.10. The van der Waals surface area contributed by atoms with E-state index in [1.54, 1.807) is 18.2 Å². The highest BCUT2D eigenvalue weighted by molar-refractivity contribution is 6.10. The Balaban J connectivity index is 2.00. The van der Waals surface area contributed by atoms with E-state index in [0.717, 1.165) is 11.1 Å². The lowest BCUT2D eigenvalue weighted by atomic mass is 10.0. The summed E-state index contributed by atoms with van der Waals surface area (Å²) in [6, 6.07) is 24.5. The number of carbonyl (C=O) groups excluding carboxylic acids is 2. The molecule has 0 heterocycles. The molecule has 4 nitrogen and oxygen atoms in total. The molecule has 0 unspecified atom stereocenters. The van der Waals surface area contributed by atoms with Crippen LogP contribution in [0.15, 0.2) is 84.9 Å². The van der Waals surface area contributed by atoms with Gasteiger partial charge in [0.15, 0.2) is 5.78 Å². The zero-order valence-electron chi connectivity index (χ0n) is 15.9. The van der Waals surface area contributed by atoms with Crippen molar-refractivity contribution in [3.63, 3.8) is 0 Å². The third-order valence-corrected chi connectivity index (χ3v) is 4.20. The van der Waals surface area contributed by atoms with Crippen LogP contribution in [0.3, 0.4) is 0 Å². The zero-order valence-corrected chi connectivity index (χ0v) is 15.9. The van der Waals surface area contributed by atoms with Crippen LogP contribution in [0, 0.1) is 6.92 Å². The summed E-state index contributed by atoms with van der Waals surface area (Å²) in [5.74, 6) is -0.254. The Labute approximate surface area is 164 Å². The van der Waals surface area contributed by atoms with Crippen molar-refractivity contribution in [2.45, 2.75) is 13.8 Å². The lowest BCUT2D eigenvalue weighted by Gasteiger charge is -2.15. The molecule has 0 aromatic heterocycles. The molecule has 140 valence electrons. The fraction of sp³-hybridized carbons (Fsp3) is 0.0833. The molecule has 0 saturated heterocycles. The van der Waals surface area contributed by atoms with Gasteiger partial charge in [0.25, 0.3) is 0 Å². The van der Waals surface area contributed by atoms with Crippen molar-refractivity contribution in [1.82, 2.24) is 0 Å². The number of anilines is 2. The van der Waals surface area contributed by atoms with Gasteiger partial charge in [-0.05, 0) is 24.6 Å². The molecule has 0 aliphatic heterocycles. The normalized spacial score (nSPS) is 11.0. The number of hydrogen-bond donors (Lipinski definition) is 2. The van der Waals surface area contributed by atoms with Crippen molar-refractivity contribution in [2.24, 2.45) is 0 Å². The molecule has 0 aliphatic rings. The molecular formula is C24H22N2O2.